The average Bonchev–Trinajstić information content (AvgIpc) is 2.66. The summed E-state index contributed by atoms with van der Waals surface area (Å²) in [6.07, 6.45) is 3.63. The molecule has 1 aromatic heterocycles. The maximum Gasteiger partial charge on any atom is 0.262 e. The Balaban J connectivity index is 2.90. The molecule has 0 aliphatic rings. The Morgan fingerprint density at radius 2 is 2.25 bits per heavy atom. The van der Waals surface area contributed by atoms with Crippen LogP contribution in [0.4, 0.5) is 0 Å². The molecular weight excluding hydrogens is 228 g/mol. The molecule has 0 amide bonds. The van der Waals surface area contributed by atoms with Crippen LogP contribution in [0.2, 0.25) is 0 Å². The van der Waals surface area contributed by atoms with Gasteiger partial charge >= 0.3 is 0 Å². The number of sulfonamides is 1. The summed E-state index contributed by atoms with van der Waals surface area (Å²) in [6.45, 7) is 3.15. The highest BCUT2D eigenvalue weighted by Gasteiger charge is 2.24. The maximum atomic E-state index is 12.1. The lowest BCUT2D eigenvalue weighted by atomic mass is 10.4. The maximum absolute atomic E-state index is 12.1. The van der Waals surface area contributed by atoms with Crippen LogP contribution in [0.25, 0.3) is 0 Å². The molecule has 1 heterocycles. The normalized spacial score (nSPS) is 12.2. The lowest BCUT2D eigenvalue weighted by Gasteiger charge is -2.18. The van der Waals surface area contributed by atoms with Crippen LogP contribution >= 0.6 is 0 Å². The van der Waals surface area contributed by atoms with Gasteiger partial charge in [0.1, 0.15) is 0 Å². The minimum Gasteiger partial charge on any atom is -0.339 e. The summed E-state index contributed by atoms with van der Waals surface area (Å²) in [5.74, 6) is 0. The molecule has 0 unspecified atom stereocenters. The molecule has 0 bridgehead atoms. The molecule has 0 aromatic carbocycles. The predicted molar refractivity (Wildman–Crippen MR) is 61.3 cm³/mol. The zero-order valence-electron chi connectivity index (χ0n) is 9.63. The quantitative estimate of drug-likeness (QED) is 0.752. The summed E-state index contributed by atoms with van der Waals surface area (Å²) < 4.78 is 27.2. The van der Waals surface area contributed by atoms with E-state index < -0.39 is 10.0 Å². The van der Waals surface area contributed by atoms with Crippen LogP contribution in [-0.4, -0.2) is 41.9 Å². The van der Waals surface area contributed by atoms with Crippen molar-refractivity contribution in [3.63, 3.8) is 0 Å². The molecule has 1 aromatic rings. The fourth-order valence-corrected chi connectivity index (χ4v) is 2.82. The first kappa shape index (κ1) is 13.1. The second-order valence-corrected chi connectivity index (χ2v) is 5.40. The Morgan fingerprint density at radius 3 is 2.69 bits per heavy atom. The molecule has 16 heavy (non-hydrogen) atoms. The Bertz CT molecular complexity index is 426. The average molecular weight is 246 g/mol. The van der Waals surface area contributed by atoms with Crippen molar-refractivity contribution in [2.75, 3.05) is 19.6 Å². The number of hydrogen-bond donors (Lipinski definition) is 1. The first-order chi connectivity index (χ1) is 7.52. The summed E-state index contributed by atoms with van der Waals surface area (Å²) in [7, 11) is -1.72. The van der Waals surface area contributed by atoms with E-state index in [2.05, 4.69) is 4.98 Å². The molecule has 0 fully saturated rings. The molecule has 1 rings (SSSR count). The molecule has 92 valence electrons. The number of aromatic nitrogens is 2. The van der Waals surface area contributed by atoms with Crippen LogP contribution in [0.5, 0.6) is 0 Å². The van der Waals surface area contributed by atoms with Gasteiger partial charge in [0.05, 0.1) is 6.33 Å². The van der Waals surface area contributed by atoms with E-state index in [0.29, 0.717) is 26.1 Å². The van der Waals surface area contributed by atoms with E-state index >= 15 is 0 Å². The van der Waals surface area contributed by atoms with Crippen molar-refractivity contribution in [3.8, 4) is 0 Å². The highest BCUT2D eigenvalue weighted by atomic mass is 32.2. The van der Waals surface area contributed by atoms with Gasteiger partial charge in [-0.25, -0.2) is 13.4 Å². The molecule has 0 radical (unpaired) electrons. The molecule has 0 atom stereocenters. The summed E-state index contributed by atoms with van der Waals surface area (Å²) in [5, 5.41) is 0.0915. The van der Waals surface area contributed by atoms with Crippen molar-refractivity contribution in [3.05, 3.63) is 12.5 Å². The largest absolute Gasteiger partial charge is 0.339 e. The van der Waals surface area contributed by atoms with Gasteiger partial charge in [0.2, 0.25) is 0 Å². The number of rotatable bonds is 6. The molecule has 6 nitrogen and oxygen atoms in total. The van der Waals surface area contributed by atoms with Crippen LogP contribution < -0.4 is 5.73 Å². The van der Waals surface area contributed by atoms with Crippen LogP contribution in [0, 0.1) is 0 Å². The van der Waals surface area contributed by atoms with Crippen molar-refractivity contribution < 1.29 is 8.42 Å². The highest BCUT2D eigenvalue weighted by molar-refractivity contribution is 7.89. The third-order valence-corrected chi connectivity index (χ3v) is 4.11. The molecule has 7 heteroatoms. The van der Waals surface area contributed by atoms with E-state index in [1.807, 2.05) is 0 Å². The Labute approximate surface area is 96.1 Å². The van der Waals surface area contributed by atoms with Gasteiger partial charge in [-0.05, 0) is 13.0 Å². The third kappa shape index (κ3) is 2.81. The molecule has 0 spiro atoms. The van der Waals surface area contributed by atoms with E-state index in [0.717, 1.165) is 0 Å². The smallest absolute Gasteiger partial charge is 0.262 e. The fraction of sp³-hybridized carbons (Fsp3) is 0.667. The van der Waals surface area contributed by atoms with Gasteiger partial charge in [0.15, 0.2) is 5.03 Å². The van der Waals surface area contributed by atoms with E-state index in [1.165, 1.54) is 16.8 Å². The van der Waals surface area contributed by atoms with E-state index in [-0.39, 0.29) is 5.03 Å². The van der Waals surface area contributed by atoms with Crippen molar-refractivity contribution in [1.29, 1.82) is 0 Å². The minimum atomic E-state index is -3.46. The van der Waals surface area contributed by atoms with Crippen LogP contribution in [-0.2, 0) is 17.1 Å². The Hall–Kier alpha value is -0.920. The molecule has 2 N–H and O–H groups in total. The number of nitrogens with zero attached hydrogens (tertiary/aromatic N) is 3. The van der Waals surface area contributed by atoms with Crippen molar-refractivity contribution in [2.24, 2.45) is 12.8 Å². The Kier molecular flexibility index (Phi) is 4.45. The second kappa shape index (κ2) is 5.42. The monoisotopic (exact) mass is 246 g/mol. The topological polar surface area (TPSA) is 81.2 Å². The van der Waals surface area contributed by atoms with Crippen molar-refractivity contribution in [1.82, 2.24) is 13.9 Å². The van der Waals surface area contributed by atoms with E-state index in [1.54, 1.807) is 18.5 Å². The highest BCUT2D eigenvalue weighted by Crippen LogP contribution is 2.12. The van der Waals surface area contributed by atoms with Crippen LogP contribution in [0.1, 0.15) is 13.3 Å². The molecular formula is C9H18N4O2S. The number of nitrogens with two attached hydrogens (primary N) is 1. The van der Waals surface area contributed by atoms with E-state index in [4.69, 9.17) is 5.73 Å². The van der Waals surface area contributed by atoms with Gasteiger partial charge < -0.3 is 10.3 Å². The first-order valence-corrected chi connectivity index (χ1v) is 6.64. The molecule has 0 saturated carbocycles. The molecule has 0 aliphatic carbocycles. The van der Waals surface area contributed by atoms with Gasteiger partial charge in [-0.2, -0.15) is 4.31 Å². The van der Waals surface area contributed by atoms with Gasteiger partial charge in [0.25, 0.3) is 10.0 Å². The van der Waals surface area contributed by atoms with Gasteiger partial charge in [0, 0.05) is 26.3 Å². The SMILES string of the molecule is CCN(CCCN)S(=O)(=O)c1cn(C)cn1. The summed E-state index contributed by atoms with van der Waals surface area (Å²) >= 11 is 0. The summed E-state index contributed by atoms with van der Waals surface area (Å²) in [4.78, 5) is 3.87. The fourth-order valence-electron chi connectivity index (χ4n) is 1.37. The number of hydrogen-bond acceptors (Lipinski definition) is 4. The van der Waals surface area contributed by atoms with Crippen molar-refractivity contribution >= 4 is 10.0 Å². The third-order valence-electron chi connectivity index (χ3n) is 2.25. The lowest BCUT2D eigenvalue weighted by molar-refractivity contribution is 0.421. The van der Waals surface area contributed by atoms with Gasteiger partial charge in [-0.15, -0.1) is 0 Å². The molecule has 0 aliphatic heterocycles. The zero-order valence-corrected chi connectivity index (χ0v) is 10.4. The van der Waals surface area contributed by atoms with E-state index in [9.17, 15) is 8.42 Å². The van der Waals surface area contributed by atoms with Gasteiger partial charge in [-0.3, -0.25) is 0 Å². The van der Waals surface area contributed by atoms with Crippen LogP contribution in [0.15, 0.2) is 17.6 Å². The summed E-state index contributed by atoms with van der Waals surface area (Å²) in [5.41, 5.74) is 5.38. The van der Waals surface area contributed by atoms with Crippen molar-refractivity contribution in [2.45, 2.75) is 18.4 Å². The summed E-state index contributed by atoms with van der Waals surface area (Å²) in [6, 6.07) is 0. The molecule has 0 saturated heterocycles. The number of aryl methyl sites for hydroxylation is 1. The number of imidazole rings is 1. The lowest BCUT2D eigenvalue weighted by Crippen LogP contribution is -2.33. The van der Waals surface area contributed by atoms with Gasteiger partial charge in [-0.1, -0.05) is 6.92 Å². The first-order valence-electron chi connectivity index (χ1n) is 5.20. The minimum absolute atomic E-state index is 0.0915. The standard InChI is InChI=1S/C9H18N4O2S/c1-3-13(6-4-5-10)16(14,15)9-7-12(2)8-11-9/h7-8H,3-6,10H2,1-2H3. The zero-order chi connectivity index (χ0) is 12.2. The predicted octanol–water partition coefficient (Wildman–Crippen LogP) is -0.220. The Morgan fingerprint density at radius 1 is 1.56 bits per heavy atom. The second-order valence-electron chi connectivity index (χ2n) is 3.52. The van der Waals surface area contributed by atoms with Crippen LogP contribution in [0.3, 0.4) is 0 Å².